The standard InChI is InChI=1S/C16H16O4S/c1-12-3-5-13(6-4-12)11-20-16(17)14-7-9-15(10-8-14)21(2,18)19/h3-10H,11H2,1-2H3. The van der Waals surface area contributed by atoms with Crippen LogP contribution in [-0.2, 0) is 21.2 Å². The van der Waals surface area contributed by atoms with Crippen LogP contribution in [0.15, 0.2) is 53.4 Å². The molecule has 2 rings (SSSR count). The molecule has 0 spiro atoms. The van der Waals surface area contributed by atoms with Gasteiger partial charge in [0.1, 0.15) is 6.61 Å². The Balaban J connectivity index is 2.02. The van der Waals surface area contributed by atoms with Gasteiger partial charge in [-0.05, 0) is 36.8 Å². The number of hydrogen-bond donors (Lipinski definition) is 0. The normalized spacial score (nSPS) is 11.1. The van der Waals surface area contributed by atoms with Crippen LogP contribution in [0.1, 0.15) is 21.5 Å². The predicted octanol–water partition coefficient (Wildman–Crippen LogP) is 2.76. The lowest BCUT2D eigenvalue weighted by atomic mass is 10.2. The van der Waals surface area contributed by atoms with Gasteiger partial charge in [-0.1, -0.05) is 29.8 Å². The van der Waals surface area contributed by atoms with Crippen molar-refractivity contribution in [3.63, 3.8) is 0 Å². The van der Waals surface area contributed by atoms with Crippen molar-refractivity contribution in [1.82, 2.24) is 0 Å². The molecule has 2 aromatic carbocycles. The van der Waals surface area contributed by atoms with Gasteiger partial charge < -0.3 is 4.74 Å². The maximum Gasteiger partial charge on any atom is 0.338 e. The maximum absolute atomic E-state index is 11.9. The van der Waals surface area contributed by atoms with E-state index in [4.69, 9.17) is 4.74 Å². The first-order valence-electron chi connectivity index (χ1n) is 6.39. The summed E-state index contributed by atoms with van der Waals surface area (Å²) in [6.45, 7) is 2.17. The first kappa shape index (κ1) is 15.3. The highest BCUT2D eigenvalue weighted by molar-refractivity contribution is 7.90. The summed E-state index contributed by atoms with van der Waals surface area (Å²) in [4.78, 5) is 12.1. The fraction of sp³-hybridized carbons (Fsp3) is 0.188. The fourth-order valence-electron chi connectivity index (χ4n) is 1.75. The van der Waals surface area contributed by atoms with Crippen LogP contribution in [0.2, 0.25) is 0 Å². The molecule has 0 N–H and O–H groups in total. The Morgan fingerprint density at radius 1 is 1.00 bits per heavy atom. The van der Waals surface area contributed by atoms with Crippen molar-refractivity contribution < 1.29 is 17.9 Å². The van der Waals surface area contributed by atoms with E-state index < -0.39 is 15.8 Å². The van der Waals surface area contributed by atoms with Gasteiger partial charge in [-0.2, -0.15) is 0 Å². The Kier molecular flexibility index (Phi) is 4.43. The number of carbonyl (C=O) groups excluding carboxylic acids is 1. The molecular formula is C16H16O4S. The number of benzene rings is 2. The highest BCUT2D eigenvalue weighted by Crippen LogP contribution is 2.12. The summed E-state index contributed by atoms with van der Waals surface area (Å²) in [6, 6.07) is 13.4. The van der Waals surface area contributed by atoms with Crippen LogP contribution in [0, 0.1) is 6.92 Å². The average Bonchev–Trinajstić information content (AvgIpc) is 2.45. The highest BCUT2D eigenvalue weighted by Gasteiger charge is 2.11. The van der Waals surface area contributed by atoms with Crippen molar-refractivity contribution in [3.8, 4) is 0 Å². The van der Waals surface area contributed by atoms with E-state index in [1.165, 1.54) is 24.3 Å². The van der Waals surface area contributed by atoms with Crippen molar-refractivity contribution in [2.45, 2.75) is 18.4 Å². The summed E-state index contributed by atoms with van der Waals surface area (Å²) in [6.07, 6.45) is 1.12. The third kappa shape index (κ3) is 4.16. The molecular weight excluding hydrogens is 288 g/mol. The Bertz CT molecular complexity index is 729. The molecule has 110 valence electrons. The second kappa shape index (κ2) is 6.10. The number of sulfone groups is 1. The van der Waals surface area contributed by atoms with Crippen LogP contribution in [0.4, 0.5) is 0 Å². The Morgan fingerprint density at radius 2 is 1.57 bits per heavy atom. The van der Waals surface area contributed by atoms with Crippen molar-refractivity contribution in [3.05, 3.63) is 65.2 Å². The molecule has 0 saturated carbocycles. The molecule has 0 bridgehead atoms. The molecule has 2 aromatic rings. The smallest absolute Gasteiger partial charge is 0.338 e. The van der Waals surface area contributed by atoms with Crippen LogP contribution >= 0.6 is 0 Å². The van der Waals surface area contributed by atoms with Crippen molar-refractivity contribution in [2.75, 3.05) is 6.26 Å². The predicted molar refractivity (Wildman–Crippen MR) is 79.9 cm³/mol. The molecule has 0 saturated heterocycles. The first-order valence-corrected chi connectivity index (χ1v) is 8.28. The van der Waals surface area contributed by atoms with Crippen molar-refractivity contribution in [2.24, 2.45) is 0 Å². The molecule has 0 fully saturated rings. The quantitative estimate of drug-likeness (QED) is 0.815. The average molecular weight is 304 g/mol. The summed E-state index contributed by atoms with van der Waals surface area (Å²) in [7, 11) is -3.26. The molecule has 0 atom stereocenters. The maximum atomic E-state index is 11.9. The Morgan fingerprint density at radius 3 is 2.10 bits per heavy atom. The molecule has 0 aromatic heterocycles. The minimum atomic E-state index is -3.26. The molecule has 0 amide bonds. The second-order valence-corrected chi connectivity index (χ2v) is 6.87. The summed E-state index contributed by atoms with van der Waals surface area (Å²) >= 11 is 0. The van der Waals surface area contributed by atoms with Gasteiger partial charge in [0.25, 0.3) is 0 Å². The minimum absolute atomic E-state index is 0.178. The van der Waals surface area contributed by atoms with Gasteiger partial charge in [0.05, 0.1) is 10.5 Å². The topological polar surface area (TPSA) is 60.4 Å². The third-order valence-electron chi connectivity index (χ3n) is 3.01. The van der Waals surface area contributed by atoms with Gasteiger partial charge in [0.2, 0.25) is 0 Å². The summed E-state index contributed by atoms with van der Waals surface area (Å²) in [5.74, 6) is -0.476. The zero-order chi connectivity index (χ0) is 15.5. The summed E-state index contributed by atoms with van der Waals surface area (Å²) in [5.41, 5.74) is 2.37. The van der Waals surface area contributed by atoms with E-state index >= 15 is 0 Å². The molecule has 21 heavy (non-hydrogen) atoms. The number of ether oxygens (including phenoxy) is 1. The number of aryl methyl sites for hydroxylation is 1. The van der Waals surface area contributed by atoms with E-state index in [-0.39, 0.29) is 11.5 Å². The van der Waals surface area contributed by atoms with Gasteiger partial charge in [-0.15, -0.1) is 0 Å². The Hall–Kier alpha value is -2.14. The van der Waals surface area contributed by atoms with E-state index in [1.54, 1.807) is 0 Å². The number of hydrogen-bond acceptors (Lipinski definition) is 4. The number of rotatable bonds is 4. The lowest BCUT2D eigenvalue weighted by Crippen LogP contribution is -2.06. The zero-order valence-electron chi connectivity index (χ0n) is 11.9. The number of esters is 1. The first-order chi connectivity index (χ1) is 9.86. The van der Waals surface area contributed by atoms with Gasteiger partial charge in [-0.3, -0.25) is 0 Å². The van der Waals surface area contributed by atoms with Gasteiger partial charge >= 0.3 is 5.97 Å². The van der Waals surface area contributed by atoms with Gasteiger partial charge in [0.15, 0.2) is 9.84 Å². The molecule has 5 heteroatoms. The molecule has 0 aliphatic heterocycles. The summed E-state index contributed by atoms with van der Waals surface area (Å²) < 4.78 is 27.9. The van der Waals surface area contributed by atoms with E-state index in [1.807, 2.05) is 31.2 Å². The van der Waals surface area contributed by atoms with Crippen LogP contribution < -0.4 is 0 Å². The van der Waals surface area contributed by atoms with E-state index in [9.17, 15) is 13.2 Å². The van der Waals surface area contributed by atoms with Crippen LogP contribution in [-0.4, -0.2) is 20.6 Å². The van der Waals surface area contributed by atoms with Crippen molar-refractivity contribution in [1.29, 1.82) is 0 Å². The lowest BCUT2D eigenvalue weighted by Gasteiger charge is -2.06. The molecule has 0 unspecified atom stereocenters. The molecule has 0 heterocycles. The minimum Gasteiger partial charge on any atom is -0.457 e. The lowest BCUT2D eigenvalue weighted by molar-refractivity contribution is 0.0472. The highest BCUT2D eigenvalue weighted by atomic mass is 32.2. The van der Waals surface area contributed by atoms with Crippen molar-refractivity contribution >= 4 is 15.8 Å². The second-order valence-electron chi connectivity index (χ2n) is 4.86. The number of carbonyl (C=O) groups is 1. The van der Waals surface area contributed by atoms with Crippen LogP contribution in [0.5, 0.6) is 0 Å². The molecule has 4 nitrogen and oxygen atoms in total. The largest absolute Gasteiger partial charge is 0.457 e. The molecule has 0 radical (unpaired) electrons. The monoisotopic (exact) mass is 304 g/mol. The van der Waals surface area contributed by atoms with Gasteiger partial charge in [-0.25, -0.2) is 13.2 Å². The van der Waals surface area contributed by atoms with E-state index in [2.05, 4.69) is 0 Å². The van der Waals surface area contributed by atoms with E-state index in [0.29, 0.717) is 5.56 Å². The molecule has 0 aliphatic rings. The third-order valence-corrected chi connectivity index (χ3v) is 4.14. The zero-order valence-corrected chi connectivity index (χ0v) is 12.7. The van der Waals surface area contributed by atoms with Crippen LogP contribution in [0.3, 0.4) is 0 Å². The van der Waals surface area contributed by atoms with E-state index in [0.717, 1.165) is 17.4 Å². The Labute approximate surface area is 124 Å². The SMILES string of the molecule is Cc1ccc(COC(=O)c2ccc(S(C)(=O)=O)cc2)cc1. The summed E-state index contributed by atoms with van der Waals surface area (Å²) in [5, 5.41) is 0. The fourth-order valence-corrected chi connectivity index (χ4v) is 2.39. The van der Waals surface area contributed by atoms with Gasteiger partial charge in [0, 0.05) is 6.26 Å². The molecule has 0 aliphatic carbocycles. The van der Waals surface area contributed by atoms with Crippen LogP contribution in [0.25, 0.3) is 0 Å².